The van der Waals surface area contributed by atoms with E-state index in [1.165, 1.54) is 6.07 Å². The standard InChI is InChI=1S/C13H16FN3O4/c14-10-4-2-1-3-9(10)5-6-15-13(21)17-7-11(18)16-8-12(19)20/h1-4H,5-8H2,(H,16,18)(H,19,20)(H2,15,17,21). The Morgan fingerprint density at radius 2 is 1.76 bits per heavy atom. The first kappa shape index (κ1) is 16.4. The number of nitrogens with one attached hydrogen (secondary N) is 3. The van der Waals surface area contributed by atoms with Crippen molar-refractivity contribution in [2.45, 2.75) is 6.42 Å². The summed E-state index contributed by atoms with van der Waals surface area (Å²) in [5, 5.41) is 15.2. The minimum atomic E-state index is -1.17. The number of carbonyl (C=O) groups excluding carboxylic acids is 2. The zero-order valence-corrected chi connectivity index (χ0v) is 11.2. The van der Waals surface area contributed by atoms with Crippen molar-refractivity contribution >= 4 is 17.9 Å². The van der Waals surface area contributed by atoms with Gasteiger partial charge in [0, 0.05) is 6.54 Å². The first-order valence-corrected chi connectivity index (χ1v) is 6.22. The van der Waals surface area contributed by atoms with Crippen LogP contribution in [0, 0.1) is 5.82 Å². The summed E-state index contributed by atoms with van der Waals surface area (Å²) in [6.45, 7) is -0.627. The maximum absolute atomic E-state index is 13.3. The predicted octanol–water partition coefficient (Wildman–Crippen LogP) is -0.132. The van der Waals surface area contributed by atoms with E-state index in [4.69, 9.17) is 5.11 Å². The van der Waals surface area contributed by atoms with Crippen LogP contribution in [0.15, 0.2) is 24.3 Å². The molecule has 0 bridgehead atoms. The Bertz CT molecular complexity index is 522. The Morgan fingerprint density at radius 1 is 1.05 bits per heavy atom. The van der Waals surface area contributed by atoms with E-state index >= 15 is 0 Å². The number of hydrogen-bond donors (Lipinski definition) is 4. The lowest BCUT2D eigenvalue weighted by atomic mass is 10.1. The Morgan fingerprint density at radius 3 is 2.43 bits per heavy atom. The zero-order valence-electron chi connectivity index (χ0n) is 11.2. The van der Waals surface area contributed by atoms with E-state index in [2.05, 4.69) is 16.0 Å². The molecular formula is C13H16FN3O4. The number of aliphatic carboxylic acids is 1. The summed E-state index contributed by atoms with van der Waals surface area (Å²) >= 11 is 0. The van der Waals surface area contributed by atoms with Crippen molar-refractivity contribution in [3.8, 4) is 0 Å². The van der Waals surface area contributed by atoms with Gasteiger partial charge in [0.05, 0.1) is 6.54 Å². The van der Waals surface area contributed by atoms with Gasteiger partial charge in [-0.05, 0) is 18.1 Å². The molecule has 4 N–H and O–H groups in total. The molecule has 0 unspecified atom stereocenters. The molecular weight excluding hydrogens is 281 g/mol. The monoisotopic (exact) mass is 297 g/mol. The quantitative estimate of drug-likeness (QED) is 0.562. The van der Waals surface area contributed by atoms with Gasteiger partial charge in [-0.25, -0.2) is 9.18 Å². The van der Waals surface area contributed by atoms with Gasteiger partial charge >= 0.3 is 12.0 Å². The van der Waals surface area contributed by atoms with Gasteiger partial charge in [-0.1, -0.05) is 18.2 Å². The van der Waals surface area contributed by atoms with Gasteiger partial charge in [-0.15, -0.1) is 0 Å². The van der Waals surface area contributed by atoms with Gasteiger partial charge in [0.15, 0.2) is 0 Å². The fourth-order valence-corrected chi connectivity index (χ4v) is 1.47. The van der Waals surface area contributed by atoms with E-state index in [-0.39, 0.29) is 18.9 Å². The van der Waals surface area contributed by atoms with Crippen LogP contribution in [-0.4, -0.2) is 42.6 Å². The third-order valence-electron chi connectivity index (χ3n) is 2.48. The number of halogens is 1. The van der Waals surface area contributed by atoms with Gasteiger partial charge in [0.1, 0.15) is 12.4 Å². The van der Waals surface area contributed by atoms with Crippen LogP contribution in [0.5, 0.6) is 0 Å². The third kappa shape index (κ3) is 6.90. The molecule has 1 aromatic carbocycles. The smallest absolute Gasteiger partial charge is 0.322 e. The summed E-state index contributed by atoms with van der Waals surface area (Å²) < 4.78 is 13.3. The summed E-state index contributed by atoms with van der Waals surface area (Å²) in [5.41, 5.74) is 0.483. The number of carboxylic acids is 1. The van der Waals surface area contributed by atoms with Gasteiger partial charge in [-0.2, -0.15) is 0 Å². The lowest BCUT2D eigenvalue weighted by Gasteiger charge is -2.08. The van der Waals surface area contributed by atoms with Crippen molar-refractivity contribution in [1.82, 2.24) is 16.0 Å². The molecule has 1 rings (SSSR count). The number of benzene rings is 1. The van der Waals surface area contributed by atoms with E-state index in [1.807, 2.05) is 0 Å². The van der Waals surface area contributed by atoms with Crippen LogP contribution in [0.2, 0.25) is 0 Å². The number of carboxylic acid groups (broad SMARTS) is 1. The number of urea groups is 1. The average Bonchev–Trinajstić information content (AvgIpc) is 2.45. The lowest BCUT2D eigenvalue weighted by Crippen LogP contribution is -2.43. The van der Waals surface area contributed by atoms with Crippen molar-refractivity contribution in [2.75, 3.05) is 19.6 Å². The Balaban J connectivity index is 2.18. The molecule has 0 aromatic heterocycles. The maximum Gasteiger partial charge on any atom is 0.322 e. The van der Waals surface area contributed by atoms with Crippen LogP contribution < -0.4 is 16.0 Å². The zero-order chi connectivity index (χ0) is 15.7. The minimum Gasteiger partial charge on any atom is -0.480 e. The highest BCUT2D eigenvalue weighted by atomic mass is 19.1. The molecule has 8 heteroatoms. The second kappa shape index (κ2) is 8.51. The summed E-state index contributed by atoms with van der Waals surface area (Å²) in [6, 6.07) is 5.65. The van der Waals surface area contributed by atoms with E-state index in [9.17, 15) is 18.8 Å². The average molecular weight is 297 g/mol. The van der Waals surface area contributed by atoms with E-state index in [0.29, 0.717) is 12.0 Å². The Kier molecular flexibility index (Phi) is 6.66. The van der Waals surface area contributed by atoms with Gasteiger partial charge in [0.25, 0.3) is 0 Å². The Labute approximate surface area is 120 Å². The van der Waals surface area contributed by atoms with Crippen LogP contribution >= 0.6 is 0 Å². The van der Waals surface area contributed by atoms with Crippen molar-refractivity contribution < 1.29 is 23.9 Å². The fraction of sp³-hybridized carbons (Fsp3) is 0.308. The van der Waals surface area contributed by atoms with E-state index in [0.717, 1.165) is 0 Å². The maximum atomic E-state index is 13.3. The van der Waals surface area contributed by atoms with E-state index < -0.39 is 24.5 Å². The molecule has 0 aliphatic heterocycles. The largest absolute Gasteiger partial charge is 0.480 e. The summed E-state index contributed by atoms with van der Waals surface area (Å²) in [7, 11) is 0. The van der Waals surface area contributed by atoms with Crippen molar-refractivity contribution in [3.05, 3.63) is 35.6 Å². The SMILES string of the molecule is O=C(O)CNC(=O)CNC(=O)NCCc1ccccc1F. The highest BCUT2D eigenvalue weighted by Crippen LogP contribution is 2.05. The molecule has 0 radical (unpaired) electrons. The first-order valence-electron chi connectivity index (χ1n) is 6.22. The fourth-order valence-electron chi connectivity index (χ4n) is 1.47. The molecule has 1 aromatic rings. The first-order chi connectivity index (χ1) is 9.99. The van der Waals surface area contributed by atoms with Crippen LogP contribution in [0.3, 0.4) is 0 Å². The highest BCUT2D eigenvalue weighted by Gasteiger charge is 2.06. The van der Waals surface area contributed by atoms with Crippen LogP contribution in [0.4, 0.5) is 9.18 Å². The molecule has 3 amide bonds. The molecule has 0 saturated heterocycles. The predicted molar refractivity (Wildman–Crippen MR) is 72.2 cm³/mol. The number of carbonyl (C=O) groups is 3. The normalized spacial score (nSPS) is 9.76. The van der Waals surface area contributed by atoms with Crippen LogP contribution in [0.25, 0.3) is 0 Å². The number of amides is 3. The van der Waals surface area contributed by atoms with Gasteiger partial charge < -0.3 is 21.1 Å². The third-order valence-corrected chi connectivity index (χ3v) is 2.48. The molecule has 7 nitrogen and oxygen atoms in total. The second-order valence-corrected chi connectivity index (χ2v) is 4.12. The summed E-state index contributed by atoms with van der Waals surface area (Å²) in [6.07, 6.45) is 0.325. The topological polar surface area (TPSA) is 108 Å². The molecule has 0 atom stereocenters. The molecule has 21 heavy (non-hydrogen) atoms. The molecule has 0 aliphatic carbocycles. The molecule has 0 spiro atoms. The second-order valence-electron chi connectivity index (χ2n) is 4.12. The van der Waals surface area contributed by atoms with Gasteiger partial charge in [0.2, 0.25) is 5.91 Å². The molecule has 0 aliphatic rings. The van der Waals surface area contributed by atoms with Crippen LogP contribution in [-0.2, 0) is 16.0 Å². The van der Waals surface area contributed by atoms with Crippen LogP contribution in [0.1, 0.15) is 5.56 Å². The highest BCUT2D eigenvalue weighted by molar-refractivity contribution is 5.86. The molecule has 0 heterocycles. The minimum absolute atomic E-state index is 0.212. The van der Waals surface area contributed by atoms with Crippen molar-refractivity contribution in [2.24, 2.45) is 0 Å². The molecule has 0 fully saturated rings. The molecule has 114 valence electrons. The number of hydrogen-bond acceptors (Lipinski definition) is 3. The number of rotatable bonds is 7. The molecule has 0 saturated carbocycles. The Hall–Kier alpha value is -2.64. The summed E-state index contributed by atoms with van der Waals surface area (Å²) in [5.74, 6) is -2.12. The summed E-state index contributed by atoms with van der Waals surface area (Å²) in [4.78, 5) is 32.7. The van der Waals surface area contributed by atoms with Gasteiger partial charge in [-0.3, -0.25) is 9.59 Å². The lowest BCUT2D eigenvalue weighted by molar-refractivity contribution is -0.137. The van der Waals surface area contributed by atoms with Crippen molar-refractivity contribution in [3.63, 3.8) is 0 Å². The van der Waals surface area contributed by atoms with E-state index in [1.54, 1.807) is 18.2 Å². The van der Waals surface area contributed by atoms with Crippen molar-refractivity contribution in [1.29, 1.82) is 0 Å².